The highest BCUT2D eigenvalue weighted by Gasteiger charge is 2.31. The van der Waals surface area contributed by atoms with Crippen LogP contribution in [-0.2, 0) is 6.18 Å². The first-order valence-electron chi connectivity index (χ1n) is 3.97. The standard InChI is InChI=1S/C9H4F3N3/c10-9(11,12)6-1-5(3-13)8-7(2-6)14-4-15-8/h1-2,4H,(H,14,15). The number of hydrogen-bond donors (Lipinski definition) is 1. The molecule has 1 N–H and O–H groups in total. The molecule has 76 valence electrons. The third-order valence-corrected chi connectivity index (χ3v) is 1.97. The number of alkyl halides is 3. The van der Waals surface area contributed by atoms with Gasteiger partial charge in [0.2, 0.25) is 0 Å². The Morgan fingerprint density at radius 3 is 2.67 bits per heavy atom. The summed E-state index contributed by atoms with van der Waals surface area (Å²) in [5.41, 5.74) is -0.469. The largest absolute Gasteiger partial charge is 0.416 e. The smallest absolute Gasteiger partial charge is 0.345 e. The highest BCUT2D eigenvalue weighted by atomic mass is 19.4. The van der Waals surface area contributed by atoms with Gasteiger partial charge in [0.1, 0.15) is 11.6 Å². The van der Waals surface area contributed by atoms with Crippen LogP contribution in [0.4, 0.5) is 13.2 Å². The molecule has 0 atom stereocenters. The van der Waals surface area contributed by atoms with E-state index in [0.717, 1.165) is 12.1 Å². The van der Waals surface area contributed by atoms with E-state index in [9.17, 15) is 13.2 Å². The zero-order valence-electron chi connectivity index (χ0n) is 7.26. The molecule has 3 nitrogen and oxygen atoms in total. The molecule has 0 saturated carbocycles. The minimum atomic E-state index is -4.45. The van der Waals surface area contributed by atoms with Crippen LogP contribution >= 0.6 is 0 Å². The van der Waals surface area contributed by atoms with Gasteiger partial charge in [0.05, 0.1) is 23.0 Å². The van der Waals surface area contributed by atoms with Crippen molar-refractivity contribution in [2.45, 2.75) is 6.18 Å². The molecule has 1 heterocycles. The molecule has 0 unspecified atom stereocenters. The summed E-state index contributed by atoms with van der Waals surface area (Å²) in [5.74, 6) is 0. The number of aromatic amines is 1. The summed E-state index contributed by atoms with van der Waals surface area (Å²) in [4.78, 5) is 6.31. The van der Waals surface area contributed by atoms with Crippen LogP contribution in [0.15, 0.2) is 18.5 Å². The summed E-state index contributed by atoms with van der Waals surface area (Å²) in [6, 6.07) is 3.41. The van der Waals surface area contributed by atoms with Crippen molar-refractivity contribution in [1.29, 1.82) is 5.26 Å². The van der Waals surface area contributed by atoms with Crippen LogP contribution in [0.3, 0.4) is 0 Å². The highest BCUT2D eigenvalue weighted by Crippen LogP contribution is 2.32. The predicted molar refractivity (Wildman–Crippen MR) is 45.8 cm³/mol. The van der Waals surface area contributed by atoms with Crippen LogP contribution in [0.5, 0.6) is 0 Å². The monoisotopic (exact) mass is 211 g/mol. The van der Waals surface area contributed by atoms with E-state index < -0.39 is 11.7 Å². The molecule has 2 aromatic rings. The van der Waals surface area contributed by atoms with Crippen LogP contribution in [-0.4, -0.2) is 9.97 Å². The summed E-state index contributed by atoms with van der Waals surface area (Å²) in [6.45, 7) is 0. The molecule has 0 amide bonds. The number of rotatable bonds is 0. The molecule has 0 radical (unpaired) electrons. The lowest BCUT2D eigenvalue weighted by Crippen LogP contribution is -2.05. The maximum absolute atomic E-state index is 12.4. The number of benzene rings is 1. The first-order chi connectivity index (χ1) is 7.02. The van der Waals surface area contributed by atoms with Crippen molar-refractivity contribution in [1.82, 2.24) is 9.97 Å². The van der Waals surface area contributed by atoms with Gasteiger partial charge in [-0.05, 0) is 12.1 Å². The van der Waals surface area contributed by atoms with Crippen molar-refractivity contribution >= 4 is 11.0 Å². The van der Waals surface area contributed by atoms with Crippen molar-refractivity contribution in [2.24, 2.45) is 0 Å². The molecule has 0 aliphatic heterocycles. The predicted octanol–water partition coefficient (Wildman–Crippen LogP) is 2.45. The topological polar surface area (TPSA) is 52.5 Å². The van der Waals surface area contributed by atoms with Gasteiger partial charge in [0, 0.05) is 0 Å². The normalized spacial score (nSPS) is 11.6. The van der Waals surface area contributed by atoms with Crippen LogP contribution in [0, 0.1) is 11.3 Å². The number of imidazole rings is 1. The van der Waals surface area contributed by atoms with Gasteiger partial charge in [0.15, 0.2) is 0 Å². The quantitative estimate of drug-likeness (QED) is 0.727. The average Bonchev–Trinajstić information content (AvgIpc) is 2.62. The lowest BCUT2D eigenvalue weighted by Gasteiger charge is -2.06. The lowest BCUT2D eigenvalue weighted by atomic mass is 10.1. The van der Waals surface area contributed by atoms with E-state index in [2.05, 4.69) is 9.97 Å². The highest BCUT2D eigenvalue weighted by molar-refractivity contribution is 5.81. The Morgan fingerprint density at radius 1 is 1.33 bits per heavy atom. The van der Waals surface area contributed by atoms with E-state index in [1.54, 1.807) is 6.07 Å². The molecule has 0 aliphatic rings. The molecule has 2 rings (SSSR count). The number of nitrogens with zero attached hydrogens (tertiary/aromatic N) is 2. The lowest BCUT2D eigenvalue weighted by molar-refractivity contribution is -0.137. The number of fused-ring (bicyclic) bond motifs is 1. The molecular weight excluding hydrogens is 207 g/mol. The van der Waals surface area contributed by atoms with Gasteiger partial charge in [-0.1, -0.05) is 0 Å². The Hall–Kier alpha value is -2.03. The number of nitrogens with one attached hydrogen (secondary N) is 1. The van der Waals surface area contributed by atoms with Crippen LogP contribution in [0.1, 0.15) is 11.1 Å². The maximum atomic E-state index is 12.4. The molecule has 0 saturated heterocycles. The second kappa shape index (κ2) is 2.98. The third kappa shape index (κ3) is 1.52. The van der Waals surface area contributed by atoms with Crippen molar-refractivity contribution in [3.63, 3.8) is 0 Å². The Bertz CT molecular complexity index is 548. The Labute approximate surface area is 82.2 Å². The SMILES string of the molecule is N#Cc1cc(C(F)(F)F)cc2[nH]cnc12. The summed E-state index contributed by atoms with van der Waals surface area (Å²) < 4.78 is 37.2. The van der Waals surface area contributed by atoms with Gasteiger partial charge < -0.3 is 4.98 Å². The first kappa shape index (κ1) is 9.52. The number of H-pyrrole nitrogens is 1. The Morgan fingerprint density at radius 2 is 2.07 bits per heavy atom. The second-order valence-electron chi connectivity index (χ2n) is 2.93. The van der Waals surface area contributed by atoms with E-state index in [1.165, 1.54) is 6.33 Å². The minimum absolute atomic E-state index is 0.0823. The van der Waals surface area contributed by atoms with Crippen molar-refractivity contribution in [2.75, 3.05) is 0 Å². The molecule has 15 heavy (non-hydrogen) atoms. The number of nitriles is 1. The van der Waals surface area contributed by atoms with Gasteiger partial charge in [0.25, 0.3) is 0 Å². The van der Waals surface area contributed by atoms with Crippen LogP contribution in [0.25, 0.3) is 11.0 Å². The van der Waals surface area contributed by atoms with Gasteiger partial charge in [-0.2, -0.15) is 18.4 Å². The third-order valence-electron chi connectivity index (χ3n) is 1.97. The molecule has 0 fully saturated rings. The zero-order chi connectivity index (χ0) is 11.1. The summed E-state index contributed by atoms with van der Waals surface area (Å²) in [6.07, 6.45) is -3.20. The molecule has 1 aromatic carbocycles. The minimum Gasteiger partial charge on any atom is -0.345 e. The molecule has 6 heteroatoms. The van der Waals surface area contributed by atoms with Crippen molar-refractivity contribution in [3.8, 4) is 6.07 Å². The van der Waals surface area contributed by atoms with E-state index in [4.69, 9.17) is 5.26 Å². The van der Waals surface area contributed by atoms with Crippen molar-refractivity contribution in [3.05, 3.63) is 29.6 Å². The zero-order valence-corrected chi connectivity index (χ0v) is 7.26. The van der Waals surface area contributed by atoms with Gasteiger partial charge in [-0.3, -0.25) is 0 Å². The molecule has 0 bridgehead atoms. The molecule has 0 aliphatic carbocycles. The summed E-state index contributed by atoms with van der Waals surface area (Å²) >= 11 is 0. The average molecular weight is 211 g/mol. The number of hydrogen-bond acceptors (Lipinski definition) is 2. The van der Waals surface area contributed by atoms with Crippen molar-refractivity contribution < 1.29 is 13.2 Å². The number of halogens is 3. The Kier molecular flexibility index (Phi) is 1.89. The summed E-state index contributed by atoms with van der Waals surface area (Å²) in [5, 5.41) is 8.67. The summed E-state index contributed by atoms with van der Waals surface area (Å²) in [7, 11) is 0. The second-order valence-corrected chi connectivity index (χ2v) is 2.93. The molecular formula is C9H4F3N3. The fourth-order valence-corrected chi connectivity index (χ4v) is 1.30. The Balaban J connectivity index is 2.76. The first-order valence-corrected chi connectivity index (χ1v) is 3.97. The number of aromatic nitrogens is 2. The molecule has 1 aromatic heterocycles. The van der Waals surface area contributed by atoms with E-state index in [0.29, 0.717) is 0 Å². The van der Waals surface area contributed by atoms with Crippen LogP contribution in [0.2, 0.25) is 0 Å². The van der Waals surface area contributed by atoms with E-state index >= 15 is 0 Å². The van der Waals surface area contributed by atoms with Gasteiger partial charge >= 0.3 is 6.18 Å². The fourth-order valence-electron chi connectivity index (χ4n) is 1.30. The van der Waals surface area contributed by atoms with Gasteiger partial charge in [-0.25, -0.2) is 4.98 Å². The fraction of sp³-hybridized carbons (Fsp3) is 0.111. The maximum Gasteiger partial charge on any atom is 0.416 e. The van der Waals surface area contributed by atoms with Gasteiger partial charge in [-0.15, -0.1) is 0 Å². The molecule has 0 spiro atoms. The van der Waals surface area contributed by atoms with Crippen LogP contribution < -0.4 is 0 Å². The van der Waals surface area contributed by atoms with E-state index in [1.807, 2.05) is 0 Å². The van der Waals surface area contributed by atoms with E-state index in [-0.39, 0.29) is 16.6 Å².